The lowest BCUT2D eigenvalue weighted by atomic mass is 9.94. The Morgan fingerprint density at radius 1 is 0.900 bits per heavy atom. The minimum atomic E-state index is -1.46. The van der Waals surface area contributed by atoms with Crippen LogP contribution in [0.2, 0.25) is 0 Å². The number of halogens is 1. The fraction of sp³-hybridized carbons (Fsp3) is 0.238. The molecule has 0 aliphatic heterocycles. The Kier molecular flexibility index (Phi) is 4.95. The zero-order valence-corrected chi connectivity index (χ0v) is 17.0. The number of benzene rings is 1. The summed E-state index contributed by atoms with van der Waals surface area (Å²) in [4.78, 5) is 41.1. The van der Waals surface area contributed by atoms with Gasteiger partial charge in [-0.3, -0.25) is 4.98 Å². The molecule has 0 fully saturated rings. The molecule has 0 saturated heterocycles. The molecule has 0 aliphatic rings. The number of rotatable bonds is 5. The van der Waals surface area contributed by atoms with Crippen LogP contribution in [-0.2, 0) is 18.7 Å². The third-order valence-corrected chi connectivity index (χ3v) is 5.41. The molecule has 0 atom stereocenters. The van der Waals surface area contributed by atoms with Crippen molar-refractivity contribution in [2.45, 2.75) is 32.6 Å². The second-order valence-corrected chi connectivity index (χ2v) is 6.98. The molecule has 9 heteroatoms. The van der Waals surface area contributed by atoms with E-state index in [1.807, 2.05) is 13.8 Å². The molecule has 0 aliphatic carbocycles. The van der Waals surface area contributed by atoms with E-state index in [2.05, 4.69) is 15.0 Å². The number of fused-ring (bicyclic) bond motifs is 6. The highest BCUT2D eigenvalue weighted by atomic mass is 35.5. The first-order chi connectivity index (χ1) is 14.4. The molecule has 3 aromatic heterocycles. The average Bonchev–Trinajstić information content (AvgIpc) is 2.76. The molecule has 0 spiro atoms. The molecule has 30 heavy (non-hydrogen) atoms. The second-order valence-electron chi connectivity index (χ2n) is 6.71. The molecule has 0 saturated carbocycles. The van der Waals surface area contributed by atoms with Gasteiger partial charge in [0.2, 0.25) is 0 Å². The van der Waals surface area contributed by atoms with Gasteiger partial charge in [-0.25, -0.2) is 24.5 Å². The van der Waals surface area contributed by atoms with Crippen molar-refractivity contribution in [2.24, 2.45) is 0 Å². The molecule has 2 N–H and O–H groups in total. The lowest BCUT2D eigenvalue weighted by Gasteiger charge is -2.17. The lowest BCUT2D eigenvalue weighted by molar-refractivity contribution is 0.0642. The average molecular weight is 425 g/mol. The Labute approximate surface area is 175 Å². The number of hydrogen-bond donors (Lipinski definition) is 2. The van der Waals surface area contributed by atoms with Crippen molar-refractivity contribution in [1.29, 1.82) is 0 Å². The summed E-state index contributed by atoms with van der Waals surface area (Å²) in [6.07, 6.45) is 2.93. The highest BCUT2D eigenvalue weighted by Gasteiger charge is 2.25. The third kappa shape index (κ3) is 2.83. The van der Waals surface area contributed by atoms with Gasteiger partial charge < -0.3 is 10.2 Å². The molecule has 4 aromatic rings. The van der Waals surface area contributed by atoms with Gasteiger partial charge in [0, 0.05) is 17.0 Å². The van der Waals surface area contributed by atoms with Crippen molar-refractivity contribution in [1.82, 2.24) is 19.9 Å². The number of alkyl halides is 1. The van der Waals surface area contributed by atoms with E-state index in [9.17, 15) is 19.8 Å². The van der Waals surface area contributed by atoms with Crippen LogP contribution in [0.3, 0.4) is 0 Å². The molecular formula is C21H17ClN4O4. The summed E-state index contributed by atoms with van der Waals surface area (Å²) in [5.41, 5.74) is 3.09. The Morgan fingerprint density at radius 2 is 1.50 bits per heavy atom. The molecule has 1 aromatic carbocycles. The normalized spacial score (nSPS) is 11.4. The van der Waals surface area contributed by atoms with Crippen LogP contribution in [0.15, 0.2) is 18.3 Å². The van der Waals surface area contributed by atoms with Crippen molar-refractivity contribution in [3.63, 3.8) is 0 Å². The monoisotopic (exact) mass is 424 g/mol. The van der Waals surface area contributed by atoms with Crippen LogP contribution >= 0.6 is 11.6 Å². The quantitative estimate of drug-likeness (QED) is 0.363. The lowest BCUT2D eigenvalue weighted by Crippen LogP contribution is -2.14. The van der Waals surface area contributed by atoms with Crippen LogP contribution in [0.4, 0.5) is 0 Å². The van der Waals surface area contributed by atoms with E-state index in [1.54, 1.807) is 18.3 Å². The van der Waals surface area contributed by atoms with Crippen molar-refractivity contribution in [2.75, 3.05) is 0 Å². The number of aromatic carboxylic acids is 2. The maximum Gasteiger partial charge on any atom is 0.357 e. The van der Waals surface area contributed by atoms with E-state index in [-0.39, 0.29) is 11.4 Å². The summed E-state index contributed by atoms with van der Waals surface area (Å²) in [6.45, 7) is 3.98. The van der Waals surface area contributed by atoms with Gasteiger partial charge in [0.25, 0.3) is 0 Å². The molecule has 0 amide bonds. The molecule has 0 unspecified atom stereocenters. The van der Waals surface area contributed by atoms with Gasteiger partial charge >= 0.3 is 11.9 Å². The van der Waals surface area contributed by atoms with Gasteiger partial charge in [-0.15, -0.1) is 11.6 Å². The van der Waals surface area contributed by atoms with E-state index < -0.39 is 23.3 Å². The summed E-state index contributed by atoms with van der Waals surface area (Å²) in [5, 5.41) is 20.2. The predicted molar refractivity (Wildman–Crippen MR) is 112 cm³/mol. The minimum Gasteiger partial charge on any atom is -0.476 e. The van der Waals surface area contributed by atoms with Crippen LogP contribution in [0, 0.1) is 0 Å². The summed E-state index contributed by atoms with van der Waals surface area (Å²) < 4.78 is 0. The number of aryl methyl sites for hydroxylation is 1. The minimum absolute atomic E-state index is 0.225. The number of nitrogens with zero attached hydrogens (tertiary/aromatic N) is 4. The zero-order valence-electron chi connectivity index (χ0n) is 16.2. The van der Waals surface area contributed by atoms with E-state index in [0.717, 1.165) is 16.8 Å². The van der Waals surface area contributed by atoms with Gasteiger partial charge in [-0.05, 0) is 36.1 Å². The van der Waals surface area contributed by atoms with Crippen LogP contribution in [0.25, 0.3) is 32.8 Å². The number of hydrogen-bond acceptors (Lipinski definition) is 6. The molecule has 0 bridgehead atoms. The Hall–Kier alpha value is -3.39. The SMILES string of the molecule is CCc1c(CCl)nc2c3ncccc3c3nc(C(=O)O)c(C(=O)O)nc3c2c1CC. The van der Waals surface area contributed by atoms with Crippen LogP contribution in [0.5, 0.6) is 0 Å². The number of pyridine rings is 2. The maximum absolute atomic E-state index is 11.7. The van der Waals surface area contributed by atoms with Crippen LogP contribution < -0.4 is 0 Å². The highest BCUT2D eigenvalue weighted by molar-refractivity contribution is 6.23. The zero-order chi connectivity index (χ0) is 21.6. The molecule has 152 valence electrons. The number of aromatic nitrogens is 4. The van der Waals surface area contributed by atoms with E-state index >= 15 is 0 Å². The smallest absolute Gasteiger partial charge is 0.357 e. The molecule has 4 rings (SSSR count). The van der Waals surface area contributed by atoms with E-state index in [4.69, 9.17) is 16.6 Å². The summed E-state index contributed by atoms with van der Waals surface area (Å²) >= 11 is 6.18. The molecular weight excluding hydrogens is 408 g/mol. The van der Waals surface area contributed by atoms with Crippen molar-refractivity contribution in [3.8, 4) is 0 Å². The van der Waals surface area contributed by atoms with Gasteiger partial charge in [-0.1, -0.05) is 13.8 Å². The Balaban J connectivity index is 2.38. The third-order valence-electron chi connectivity index (χ3n) is 5.16. The topological polar surface area (TPSA) is 126 Å². The molecule has 3 heterocycles. The van der Waals surface area contributed by atoms with Gasteiger partial charge in [0.15, 0.2) is 11.4 Å². The number of carbonyl (C=O) groups is 2. The first-order valence-electron chi connectivity index (χ1n) is 9.38. The second kappa shape index (κ2) is 7.46. The maximum atomic E-state index is 11.7. The fourth-order valence-electron chi connectivity index (χ4n) is 3.95. The highest BCUT2D eigenvalue weighted by Crippen LogP contribution is 2.36. The number of carboxylic acids is 2. The number of carboxylic acid groups (broad SMARTS) is 2. The van der Waals surface area contributed by atoms with Crippen molar-refractivity contribution >= 4 is 56.4 Å². The standard InChI is InChI=1S/C21H17ClN4O4/c1-3-9-10(4-2)13-16(24-12(9)8-22)14-11(6-5-7-23-14)15-17(13)26-19(21(29)30)18(25-15)20(27)28/h5-7H,3-4,8H2,1-2H3,(H,27,28)(H,29,30). The van der Waals surface area contributed by atoms with Crippen molar-refractivity contribution < 1.29 is 19.8 Å². The summed E-state index contributed by atoms with van der Waals surface area (Å²) in [7, 11) is 0. The first-order valence-corrected chi connectivity index (χ1v) is 9.91. The molecule has 0 radical (unpaired) electrons. The predicted octanol–water partition coefficient (Wildman–Crippen LogP) is 3.99. The summed E-state index contributed by atoms with van der Waals surface area (Å²) in [5.74, 6) is -2.69. The van der Waals surface area contributed by atoms with E-state index in [0.29, 0.717) is 40.2 Å². The van der Waals surface area contributed by atoms with Gasteiger partial charge in [0.05, 0.1) is 28.1 Å². The summed E-state index contributed by atoms with van der Waals surface area (Å²) in [6, 6.07) is 3.44. The van der Waals surface area contributed by atoms with Crippen molar-refractivity contribution in [3.05, 3.63) is 46.5 Å². The first kappa shape index (κ1) is 19.9. The largest absolute Gasteiger partial charge is 0.476 e. The van der Waals surface area contributed by atoms with Gasteiger partial charge in [-0.2, -0.15) is 0 Å². The molecule has 8 nitrogen and oxygen atoms in total. The fourth-order valence-corrected chi connectivity index (χ4v) is 4.17. The van der Waals surface area contributed by atoms with E-state index in [1.165, 1.54) is 0 Å². The van der Waals surface area contributed by atoms with Crippen LogP contribution in [0.1, 0.15) is 51.6 Å². The Bertz CT molecular complexity index is 1370. The van der Waals surface area contributed by atoms with Crippen LogP contribution in [-0.4, -0.2) is 42.1 Å². The van der Waals surface area contributed by atoms with Gasteiger partial charge in [0.1, 0.15) is 5.52 Å². The Morgan fingerprint density at radius 3 is 2.07 bits per heavy atom.